The number of ether oxygens (including phenoxy) is 1. The van der Waals surface area contributed by atoms with Gasteiger partial charge in [0.1, 0.15) is 10.8 Å². The number of hydrogen-bond donors (Lipinski definition) is 3. The summed E-state index contributed by atoms with van der Waals surface area (Å²) in [6, 6.07) is 10.5. The van der Waals surface area contributed by atoms with Crippen LogP contribution < -0.4 is 21.1 Å². The number of amides is 1. The quantitative estimate of drug-likeness (QED) is 0.110. The van der Waals surface area contributed by atoms with E-state index in [1.54, 1.807) is 44.1 Å². The van der Waals surface area contributed by atoms with Gasteiger partial charge in [0.2, 0.25) is 6.41 Å². The van der Waals surface area contributed by atoms with Crippen molar-refractivity contribution in [2.24, 2.45) is 11.8 Å². The Morgan fingerprint density at radius 1 is 1.23 bits per heavy atom. The first-order valence-electron chi connectivity index (χ1n) is 14.7. The molecule has 3 aromatic rings. The van der Waals surface area contributed by atoms with Gasteiger partial charge in [0.25, 0.3) is 0 Å². The molecule has 4 N–H and O–H groups in total. The van der Waals surface area contributed by atoms with Crippen LogP contribution in [0.25, 0.3) is 5.52 Å². The van der Waals surface area contributed by atoms with Crippen LogP contribution in [-0.4, -0.2) is 37.0 Å². The molecule has 44 heavy (non-hydrogen) atoms. The van der Waals surface area contributed by atoms with E-state index in [4.69, 9.17) is 15.3 Å². The number of thioether (sulfide) groups is 1. The Morgan fingerprint density at radius 2 is 1.95 bits per heavy atom. The molecular weight excluding hydrogens is 585 g/mol. The number of carbonyl (C=O) groups is 1. The average molecular weight is 631 g/mol. The number of nitrogens with one attached hydrogen (secondary N) is 2. The Balaban J connectivity index is 0.000000349. The first kappa shape index (κ1) is 36.5. The van der Waals surface area contributed by atoms with Gasteiger partial charge in [-0.25, -0.2) is 0 Å². The third-order valence-corrected chi connectivity index (χ3v) is 8.10. The van der Waals surface area contributed by atoms with Gasteiger partial charge in [0, 0.05) is 25.0 Å². The molecule has 0 saturated heterocycles. The summed E-state index contributed by atoms with van der Waals surface area (Å²) in [6.07, 6.45) is 11.5. The van der Waals surface area contributed by atoms with Crippen molar-refractivity contribution < 1.29 is 22.7 Å². The van der Waals surface area contributed by atoms with Crippen LogP contribution in [-0.2, 0) is 4.79 Å². The van der Waals surface area contributed by atoms with Crippen molar-refractivity contribution in [1.29, 1.82) is 0 Å². The summed E-state index contributed by atoms with van der Waals surface area (Å²) in [4.78, 5) is 9.06. The maximum atomic E-state index is 13.0. The lowest BCUT2D eigenvalue weighted by Crippen LogP contribution is -2.09. The highest BCUT2D eigenvalue weighted by molar-refractivity contribution is 8.00. The molecule has 6 nitrogen and oxygen atoms in total. The predicted octanol–water partition coefficient (Wildman–Crippen LogP) is 8.45. The van der Waals surface area contributed by atoms with Crippen LogP contribution in [0, 0.1) is 30.6 Å². The highest BCUT2D eigenvalue weighted by atomic mass is 32.2. The highest BCUT2D eigenvalue weighted by Crippen LogP contribution is 2.40. The number of anilines is 2. The Kier molecular flexibility index (Phi) is 15.1. The molecule has 1 amide bonds. The minimum atomic E-state index is -4.43. The van der Waals surface area contributed by atoms with Gasteiger partial charge in [-0.2, -0.15) is 13.2 Å². The fourth-order valence-corrected chi connectivity index (χ4v) is 5.68. The number of carbonyl (C=O) groups excluding carboxylic acids is 1. The van der Waals surface area contributed by atoms with Gasteiger partial charge in [-0.1, -0.05) is 49.8 Å². The zero-order valence-corrected chi connectivity index (χ0v) is 27.3. The van der Waals surface area contributed by atoms with E-state index in [1.165, 1.54) is 36.5 Å². The van der Waals surface area contributed by atoms with Crippen LogP contribution in [0.5, 0.6) is 5.75 Å². The van der Waals surface area contributed by atoms with Crippen LogP contribution in [0.1, 0.15) is 64.0 Å². The minimum absolute atomic E-state index is 0.00423. The monoisotopic (exact) mass is 630 g/mol. The second kappa shape index (κ2) is 18.2. The number of aromatic nitrogens is 1. The molecule has 240 valence electrons. The van der Waals surface area contributed by atoms with E-state index in [2.05, 4.69) is 49.3 Å². The molecule has 0 radical (unpaired) electrons. The molecule has 2 heterocycles. The molecule has 1 aliphatic rings. The molecule has 0 aliphatic heterocycles. The fourth-order valence-electron chi connectivity index (χ4n) is 4.98. The number of halogens is 3. The maximum Gasteiger partial charge on any atom is 0.447 e. The van der Waals surface area contributed by atoms with Crippen molar-refractivity contribution in [3.05, 3.63) is 65.4 Å². The van der Waals surface area contributed by atoms with Crippen molar-refractivity contribution in [2.45, 2.75) is 70.3 Å². The zero-order valence-electron chi connectivity index (χ0n) is 26.5. The van der Waals surface area contributed by atoms with Crippen LogP contribution in [0.15, 0.2) is 59.3 Å². The number of hydrogen-bond acceptors (Lipinski definition) is 5. The number of fused-ring (bicyclic) bond motifs is 1. The molecule has 0 bridgehead atoms. The second-order valence-electron chi connectivity index (χ2n) is 10.7. The van der Waals surface area contributed by atoms with Crippen LogP contribution in [0.4, 0.5) is 24.5 Å². The predicted molar refractivity (Wildman–Crippen MR) is 177 cm³/mol. The first-order chi connectivity index (χ1) is 20.9. The summed E-state index contributed by atoms with van der Waals surface area (Å²) in [5.41, 5.74) is 6.09. The lowest BCUT2D eigenvalue weighted by atomic mass is 9.83. The normalized spacial score (nSPS) is 17.5. The Labute approximate surface area is 264 Å². The molecule has 0 fully saturated rings. The molecule has 2 atom stereocenters. The van der Waals surface area contributed by atoms with Crippen LogP contribution in [0.3, 0.4) is 0 Å². The molecule has 2 aromatic heterocycles. The first-order valence-corrected chi connectivity index (χ1v) is 15.6. The van der Waals surface area contributed by atoms with E-state index in [1.807, 2.05) is 25.1 Å². The number of pyridine rings is 1. The molecule has 10 heteroatoms. The highest BCUT2D eigenvalue weighted by Gasteiger charge is 2.32. The smallest absolute Gasteiger partial charge is 0.447 e. The van der Waals surface area contributed by atoms with E-state index in [0.717, 1.165) is 23.1 Å². The van der Waals surface area contributed by atoms with Crippen molar-refractivity contribution in [3.8, 4) is 17.6 Å². The molecule has 0 spiro atoms. The molecule has 1 aliphatic carbocycles. The third kappa shape index (κ3) is 11.8. The van der Waals surface area contributed by atoms with Gasteiger partial charge in [0.15, 0.2) is 0 Å². The number of aryl methyl sites for hydroxylation is 1. The van der Waals surface area contributed by atoms with Gasteiger partial charge in [-0.05, 0) is 87.3 Å². The average Bonchev–Trinajstić information content (AvgIpc) is 3.32. The van der Waals surface area contributed by atoms with Crippen molar-refractivity contribution in [3.63, 3.8) is 0 Å². The zero-order chi connectivity index (χ0) is 32.7. The van der Waals surface area contributed by atoms with E-state index in [-0.39, 0.29) is 28.9 Å². The largest absolute Gasteiger partial charge is 0.495 e. The lowest BCUT2D eigenvalue weighted by molar-refractivity contribution is -0.109. The molecule has 4 rings (SSSR count). The number of methoxy groups -OCH3 is 1. The number of benzene rings is 1. The number of rotatable bonds is 6. The topological polar surface area (TPSA) is 80.8 Å². The summed E-state index contributed by atoms with van der Waals surface area (Å²) >= 11 is -0.201. The lowest BCUT2D eigenvalue weighted by Gasteiger charge is -2.23. The number of nitrogen functional groups attached to an aromatic ring is 1. The molecule has 0 unspecified atom stereocenters. The maximum absolute atomic E-state index is 13.0. The number of nitrogens with zero attached hydrogens (tertiary/aromatic N) is 1. The van der Waals surface area contributed by atoms with E-state index in [0.29, 0.717) is 23.4 Å². The Morgan fingerprint density at radius 3 is 2.59 bits per heavy atom. The summed E-state index contributed by atoms with van der Waals surface area (Å²) in [6.45, 7) is 9.23. The number of allylic oxidation sites excluding steroid dienone is 2. The van der Waals surface area contributed by atoms with Gasteiger partial charge < -0.3 is 25.5 Å². The fraction of sp³-hybridized carbons (Fsp3) is 0.441. The van der Waals surface area contributed by atoms with Crippen LogP contribution >= 0.6 is 11.8 Å². The van der Waals surface area contributed by atoms with Gasteiger partial charge in [-0.3, -0.25) is 4.79 Å². The van der Waals surface area contributed by atoms with Gasteiger partial charge in [0.05, 0.1) is 36.1 Å². The summed E-state index contributed by atoms with van der Waals surface area (Å²) in [5.74, 6) is 8.19. The van der Waals surface area contributed by atoms with Gasteiger partial charge in [-0.15, -0.1) is 0 Å². The van der Waals surface area contributed by atoms with E-state index >= 15 is 0 Å². The van der Waals surface area contributed by atoms with Crippen LogP contribution in [0.2, 0.25) is 0 Å². The van der Waals surface area contributed by atoms with Crippen molar-refractivity contribution >= 4 is 35.1 Å². The Hall–Kier alpha value is -3.71. The van der Waals surface area contributed by atoms with E-state index in [9.17, 15) is 13.2 Å². The summed E-state index contributed by atoms with van der Waals surface area (Å²) in [7, 11) is 3.13. The summed E-state index contributed by atoms with van der Waals surface area (Å²) < 4.78 is 45.7. The van der Waals surface area contributed by atoms with E-state index < -0.39 is 5.51 Å². The number of nitrogens with two attached hydrogens (primary N) is 1. The van der Waals surface area contributed by atoms with Crippen molar-refractivity contribution in [2.75, 3.05) is 31.8 Å². The molecule has 1 aromatic carbocycles. The SMILES string of the molecule is CC[C@H]1C[C@H](C)CCC/C=C\1C.CNC=O.COc1ccc(C)cc1NCC#Cc1cc2c(N)cccn2c1SC(F)(F)F. The third-order valence-electron chi connectivity index (χ3n) is 7.26. The van der Waals surface area contributed by atoms with Crippen molar-refractivity contribution in [1.82, 2.24) is 9.72 Å². The standard InChI is InChI=1S/C20H18F3N3OS.C12H22.C2H5NO/c1-13-7-8-18(27-2)16(11-13)25-9-3-5-14-12-17-15(24)6-4-10-26(17)19(14)28-20(21,22)23;1-4-12-9-10(2)7-5-6-8-11(12)3;1-3-2-4/h4,6-8,10-12,25H,9,24H2,1-2H3;8,10,12H,4-7,9H2,1-3H3;2H,1H3,(H,3,4)/b;11-8-;/t;10-,12+;/m.1./s1. The minimum Gasteiger partial charge on any atom is -0.495 e. The number of alkyl halides is 3. The van der Waals surface area contributed by atoms with Gasteiger partial charge >= 0.3 is 5.51 Å². The summed E-state index contributed by atoms with van der Waals surface area (Å²) in [5, 5.41) is 5.37. The molecule has 0 saturated carbocycles. The second-order valence-corrected chi connectivity index (χ2v) is 11.8. The Bertz CT molecular complexity index is 1440. The molecular formula is C34H45F3N4O2S.